The Morgan fingerprint density at radius 3 is 2.45 bits per heavy atom. The van der Waals surface area contributed by atoms with Gasteiger partial charge in [-0.15, -0.1) is 0 Å². The zero-order valence-electron chi connectivity index (χ0n) is 23.1. The van der Waals surface area contributed by atoms with Crippen molar-refractivity contribution in [2.45, 2.75) is 61.9 Å². The van der Waals surface area contributed by atoms with E-state index in [1.54, 1.807) is 18.2 Å². The van der Waals surface area contributed by atoms with Gasteiger partial charge in [-0.1, -0.05) is 66.2 Å². The number of hydrogen-bond donors (Lipinski definition) is 4. The van der Waals surface area contributed by atoms with Crippen molar-refractivity contribution in [1.82, 2.24) is 0 Å². The highest BCUT2D eigenvalue weighted by atomic mass is 35.5. The van der Waals surface area contributed by atoms with Crippen molar-refractivity contribution in [3.8, 4) is 5.75 Å². The van der Waals surface area contributed by atoms with Gasteiger partial charge in [0.25, 0.3) is 0 Å². The van der Waals surface area contributed by atoms with E-state index in [2.05, 4.69) is 0 Å². The molecule has 2 heterocycles. The first kappa shape index (κ1) is 30.4. The molecule has 2 fully saturated rings. The second-order valence-corrected chi connectivity index (χ2v) is 11.2. The fourth-order valence-corrected chi connectivity index (χ4v) is 5.38. The van der Waals surface area contributed by atoms with Crippen LogP contribution in [0.25, 0.3) is 0 Å². The van der Waals surface area contributed by atoms with Crippen molar-refractivity contribution in [3.63, 3.8) is 0 Å². The summed E-state index contributed by atoms with van der Waals surface area (Å²) in [7, 11) is 0. The summed E-state index contributed by atoms with van der Waals surface area (Å²) in [5.74, 6) is 0.113. The van der Waals surface area contributed by atoms with Gasteiger partial charge in [-0.2, -0.15) is 0 Å². The van der Waals surface area contributed by atoms with Gasteiger partial charge in [-0.05, 0) is 53.3 Å². The minimum Gasteiger partial charge on any atom is -0.488 e. The quantitative estimate of drug-likeness (QED) is 0.260. The predicted molar refractivity (Wildman–Crippen MR) is 155 cm³/mol. The van der Waals surface area contributed by atoms with Crippen LogP contribution in [-0.4, -0.2) is 77.7 Å². The van der Waals surface area contributed by atoms with Crippen LogP contribution in [0.5, 0.6) is 5.75 Å². The van der Waals surface area contributed by atoms with Gasteiger partial charge in [0.15, 0.2) is 0 Å². The van der Waals surface area contributed by atoms with E-state index in [0.717, 1.165) is 28.9 Å². The second kappa shape index (κ2) is 14.0. The second-order valence-electron chi connectivity index (χ2n) is 10.8. The zero-order chi connectivity index (χ0) is 29.6. The molecule has 10 heteroatoms. The van der Waals surface area contributed by atoms with E-state index >= 15 is 0 Å². The van der Waals surface area contributed by atoms with Gasteiger partial charge in [-0.3, -0.25) is 4.79 Å². The highest BCUT2D eigenvalue weighted by Crippen LogP contribution is 2.35. The first-order valence-electron chi connectivity index (χ1n) is 14.1. The molecule has 5 rings (SSSR count). The third-order valence-electron chi connectivity index (χ3n) is 7.61. The summed E-state index contributed by atoms with van der Waals surface area (Å²) in [5.41, 5.74) is 9.25. The first-order chi connectivity index (χ1) is 20.3. The largest absolute Gasteiger partial charge is 0.488 e. The molecule has 0 unspecified atom stereocenters. The van der Waals surface area contributed by atoms with Crippen LogP contribution in [0.4, 0.5) is 0 Å². The van der Waals surface area contributed by atoms with E-state index in [1.807, 2.05) is 54.6 Å². The average Bonchev–Trinajstić information content (AvgIpc) is 3.51. The van der Waals surface area contributed by atoms with Gasteiger partial charge in [-0.25, -0.2) is 0 Å². The molecule has 224 valence electrons. The van der Waals surface area contributed by atoms with Crippen LogP contribution in [0.2, 0.25) is 5.02 Å². The molecule has 0 saturated carbocycles. The number of aliphatic hydroxyl groups excluding tert-OH is 3. The maximum atomic E-state index is 12.5. The molecular weight excluding hydrogens is 562 g/mol. The molecule has 5 N–H and O–H groups in total. The molecule has 0 radical (unpaired) electrons. The molecule has 2 aliphatic rings. The SMILES string of the molecule is N[C@@H](Cc1ccccc1)C(=O)OC[C@H]1O[C@@H](c2ccc(Cl)c(Cc3ccc(O[C@H]4CCOC4)cc3)c2)[C@H](O)[C@@H](O)[C@@H]1O. The number of halogens is 1. The molecule has 7 atom stereocenters. The summed E-state index contributed by atoms with van der Waals surface area (Å²) >= 11 is 6.52. The third kappa shape index (κ3) is 7.48. The molecule has 0 bridgehead atoms. The fraction of sp³-hybridized carbons (Fsp3) is 0.406. The van der Waals surface area contributed by atoms with Crippen molar-refractivity contribution < 1.29 is 39.1 Å². The Kier molecular flexibility index (Phi) is 10.1. The molecule has 42 heavy (non-hydrogen) atoms. The number of carbonyl (C=O) groups excluding carboxylic acids is 1. The Labute approximate surface area is 249 Å². The molecule has 0 amide bonds. The topological polar surface area (TPSA) is 141 Å². The number of benzene rings is 3. The van der Waals surface area contributed by atoms with Crippen LogP contribution in [-0.2, 0) is 31.8 Å². The van der Waals surface area contributed by atoms with Gasteiger partial charge in [0, 0.05) is 11.4 Å². The summed E-state index contributed by atoms with van der Waals surface area (Å²) in [6.45, 7) is 0.961. The van der Waals surface area contributed by atoms with Gasteiger partial charge in [0.05, 0.1) is 13.2 Å². The molecule has 3 aromatic rings. The van der Waals surface area contributed by atoms with Gasteiger partial charge in [0.1, 0.15) is 55.0 Å². The maximum Gasteiger partial charge on any atom is 0.323 e. The number of hydrogen-bond acceptors (Lipinski definition) is 9. The van der Waals surface area contributed by atoms with E-state index < -0.39 is 42.5 Å². The van der Waals surface area contributed by atoms with Crippen LogP contribution < -0.4 is 10.5 Å². The number of ether oxygens (including phenoxy) is 4. The Hall–Kier alpha value is -3.02. The Balaban J connectivity index is 1.23. The molecule has 0 aromatic heterocycles. The van der Waals surface area contributed by atoms with Crippen LogP contribution in [0.3, 0.4) is 0 Å². The molecule has 9 nitrogen and oxygen atoms in total. The molecule has 0 aliphatic carbocycles. The third-order valence-corrected chi connectivity index (χ3v) is 7.98. The van der Waals surface area contributed by atoms with E-state index in [9.17, 15) is 20.1 Å². The van der Waals surface area contributed by atoms with E-state index in [-0.39, 0.29) is 19.1 Å². The summed E-state index contributed by atoms with van der Waals surface area (Å²) in [5, 5.41) is 32.5. The highest BCUT2D eigenvalue weighted by Gasteiger charge is 2.45. The number of carbonyl (C=O) groups is 1. The predicted octanol–water partition coefficient (Wildman–Crippen LogP) is 2.73. The lowest BCUT2D eigenvalue weighted by Crippen LogP contribution is -2.55. The standard InChI is InChI=1S/C32H36ClNO8/c33-25-11-8-21(16-22(25)14-20-6-9-23(10-7-20)41-24-12-13-39-17-24)31-30(37)29(36)28(35)27(42-31)18-40-32(38)26(34)15-19-4-2-1-3-5-19/h1-11,16,24,26-31,35-37H,12-15,17-18,34H2/t24-,26-,27+,28+,29-,30+,31-/m0/s1. The van der Waals surface area contributed by atoms with Crippen LogP contribution >= 0.6 is 11.6 Å². The number of esters is 1. The molecular formula is C32H36ClNO8. The van der Waals surface area contributed by atoms with Gasteiger partial charge < -0.3 is 40.0 Å². The van der Waals surface area contributed by atoms with Crippen LogP contribution in [0, 0.1) is 0 Å². The zero-order valence-corrected chi connectivity index (χ0v) is 23.8. The minimum atomic E-state index is -1.53. The first-order valence-corrected chi connectivity index (χ1v) is 14.4. The average molecular weight is 598 g/mol. The van der Waals surface area contributed by atoms with Crippen LogP contribution in [0.1, 0.15) is 34.8 Å². The lowest BCUT2D eigenvalue weighted by atomic mass is 9.90. The lowest BCUT2D eigenvalue weighted by Gasteiger charge is -2.40. The van der Waals surface area contributed by atoms with Crippen LogP contribution in [0.15, 0.2) is 72.8 Å². The van der Waals surface area contributed by atoms with E-state index in [1.165, 1.54) is 0 Å². The van der Waals surface area contributed by atoms with Crippen molar-refractivity contribution in [3.05, 3.63) is 100 Å². The Bertz CT molecular complexity index is 1320. The van der Waals surface area contributed by atoms with Crippen molar-refractivity contribution >= 4 is 17.6 Å². The Morgan fingerprint density at radius 2 is 1.74 bits per heavy atom. The minimum absolute atomic E-state index is 0.0659. The molecule has 2 saturated heterocycles. The highest BCUT2D eigenvalue weighted by molar-refractivity contribution is 6.31. The smallest absolute Gasteiger partial charge is 0.323 e. The molecule has 3 aromatic carbocycles. The molecule has 2 aliphatic heterocycles. The normalized spacial score (nSPS) is 26.5. The lowest BCUT2D eigenvalue weighted by molar-refractivity contribution is -0.234. The summed E-state index contributed by atoms with van der Waals surface area (Å²) in [4.78, 5) is 12.5. The summed E-state index contributed by atoms with van der Waals surface area (Å²) in [6.07, 6.45) is -4.77. The maximum absolute atomic E-state index is 12.5. The van der Waals surface area contributed by atoms with Crippen molar-refractivity contribution in [2.75, 3.05) is 19.8 Å². The summed E-state index contributed by atoms with van der Waals surface area (Å²) < 4.78 is 22.6. The van der Waals surface area contributed by atoms with Gasteiger partial charge >= 0.3 is 5.97 Å². The van der Waals surface area contributed by atoms with Gasteiger partial charge in [0.2, 0.25) is 0 Å². The van der Waals surface area contributed by atoms with E-state index in [0.29, 0.717) is 30.2 Å². The number of nitrogens with two attached hydrogens (primary N) is 1. The number of rotatable bonds is 10. The summed E-state index contributed by atoms with van der Waals surface area (Å²) in [6, 6.07) is 21.4. The number of aliphatic hydroxyl groups is 3. The fourth-order valence-electron chi connectivity index (χ4n) is 5.20. The van der Waals surface area contributed by atoms with Crippen molar-refractivity contribution in [2.24, 2.45) is 5.73 Å². The Morgan fingerprint density at radius 1 is 0.976 bits per heavy atom. The molecule has 0 spiro atoms. The van der Waals surface area contributed by atoms with E-state index in [4.69, 9.17) is 36.3 Å². The monoisotopic (exact) mass is 597 g/mol. The van der Waals surface area contributed by atoms with Crippen molar-refractivity contribution in [1.29, 1.82) is 0 Å².